The van der Waals surface area contributed by atoms with Crippen LogP contribution in [0.25, 0.3) is 0 Å². The third-order valence-corrected chi connectivity index (χ3v) is 6.66. The fraction of sp³-hybridized carbons (Fsp3) is 0.519. The van der Waals surface area contributed by atoms with Gasteiger partial charge in [0.25, 0.3) is 5.97 Å². The summed E-state index contributed by atoms with van der Waals surface area (Å²) in [6.45, 7) is 3.42. The van der Waals surface area contributed by atoms with Crippen molar-refractivity contribution in [3.8, 4) is 5.75 Å². The topological polar surface area (TPSA) is 179 Å². The first-order valence-corrected chi connectivity index (χ1v) is 14.3. The summed E-state index contributed by atoms with van der Waals surface area (Å²) in [6.07, 6.45) is 5.83. The number of aliphatic hydroxyl groups excluding tert-OH is 2. The summed E-state index contributed by atoms with van der Waals surface area (Å²) in [4.78, 5) is 9.20. The van der Waals surface area contributed by atoms with E-state index in [1.165, 1.54) is 6.07 Å². The molecule has 0 saturated carbocycles. The highest BCUT2D eigenvalue weighted by atomic mass is 32.2. The lowest BCUT2D eigenvalue weighted by Gasteiger charge is -2.14. The molecule has 2 aromatic carbocycles. The second-order valence-corrected chi connectivity index (χ2v) is 10.5. The Hall–Kier alpha value is -2.54. The van der Waals surface area contributed by atoms with Crippen molar-refractivity contribution in [2.24, 2.45) is 5.14 Å². The molecule has 0 radical (unpaired) electrons. The van der Waals surface area contributed by atoms with Crippen LogP contribution in [0.3, 0.4) is 0 Å². The van der Waals surface area contributed by atoms with E-state index in [1.807, 2.05) is 6.07 Å². The zero-order chi connectivity index (χ0) is 28.4. The van der Waals surface area contributed by atoms with Gasteiger partial charge in [-0.3, -0.25) is 4.79 Å². The van der Waals surface area contributed by atoms with E-state index in [2.05, 4.69) is 5.32 Å². The number of nitrogens with two attached hydrogens (primary N) is 1. The minimum atomic E-state index is -3.69. The number of phenols is 1. The van der Waals surface area contributed by atoms with E-state index in [1.54, 1.807) is 30.3 Å². The van der Waals surface area contributed by atoms with E-state index in [9.17, 15) is 23.7 Å². The molecule has 0 unspecified atom stereocenters. The molecule has 10 nitrogen and oxygen atoms in total. The predicted octanol–water partition coefficient (Wildman–Crippen LogP) is 2.85. The van der Waals surface area contributed by atoms with Crippen molar-refractivity contribution >= 4 is 16.0 Å². The number of carboxylic acid groups (broad SMARTS) is 1. The van der Waals surface area contributed by atoms with Gasteiger partial charge in [-0.1, -0.05) is 37.1 Å². The van der Waals surface area contributed by atoms with Crippen LogP contribution in [-0.2, 0) is 32.6 Å². The molecule has 214 valence electrons. The second-order valence-electron chi connectivity index (χ2n) is 8.92. The Labute approximate surface area is 225 Å². The molecule has 0 aliphatic carbocycles. The number of unbranched alkanes of at least 4 members (excludes halogenated alkanes) is 4. The van der Waals surface area contributed by atoms with Crippen LogP contribution >= 0.6 is 0 Å². The molecule has 0 aromatic heterocycles. The fourth-order valence-electron chi connectivity index (χ4n) is 3.71. The predicted molar refractivity (Wildman–Crippen MR) is 145 cm³/mol. The van der Waals surface area contributed by atoms with Gasteiger partial charge in [-0.05, 0) is 68.0 Å². The van der Waals surface area contributed by atoms with Crippen LogP contribution < -0.4 is 10.5 Å². The molecular weight excluding hydrogens is 512 g/mol. The number of nitrogens with one attached hydrogen (secondary N) is 1. The molecule has 0 aliphatic heterocycles. The van der Waals surface area contributed by atoms with Crippen LogP contribution in [0.2, 0.25) is 0 Å². The first-order chi connectivity index (χ1) is 18.1. The number of ether oxygens (including phenoxy) is 1. The average Bonchev–Trinajstić information content (AvgIpc) is 2.86. The lowest BCUT2D eigenvalue weighted by molar-refractivity contribution is -0.134. The highest BCUT2D eigenvalue weighted by molar-refractivity contribution is 7.89. The summed E-state index contributed by atoms with van der Waals surface area (Å²) in [7, 11) is -3.69. The molecule has 7 N–H and O–H groups in total. The SMILES string of the molecule is CC(=O)O.NS(=O)(=O)c1ccccc1CCCCOCCCCCCNC[C@H](O)c1ccc(O)c(CO)c1. The van der Waals surface area contributed by atoms with Crippen molar-refractivity contribution in [1.82, 2.24) is 5.32 Å². The van der Waals surface area contributed by atoms with Crippen molar-refractivity contribution in [3.63, 3.8) is 0 Å². The Morgan fingerprint density at radius 1 is 1.00 bits per heavy atom. The average molecular weight is 555 g/mol. The van der Waals surface area contributed by atoms with Gasteiger partial charge < -0.3 is 30.5 Å². The molecule has 0 saturated heterocycles. The van der Waals surface area contributed by atoms with Gasteiger partial charge in [0.15, 0.2) is 0 Å². The fourth-order valence-corrected chi connectivity index (χ4v) is 4.52. The maximum absolute atomic E-state index is 11.6. The monoisotopic (exact) mass is 554 g/mol. The number of carbonyl (C=O) groups is 1. The van der Waals surface area contributed by atoms with Crippen LogP contribution in [-0.4, -0.2) is 61.1 Å². The highest BCUT2D eigenvalue weighted by Gasteiger charge is 2.12. The van der Waals surface area contributed by atoms with Crippen LogP contribution in [0.1, 0.15) is 68.2 Å². The summed E-state index contributed by atoms with van der Waals surface area (Å²) in [5.74, 6) is -0.804. The van der Waals surface area contributed by atoms with E-state index in [-0.39, 0.29) is 17.3 Å². The van der Waals surface area contributed by atoms with Crippen molar-refractivity contribution in [3.05, 3.63) is 59.2 Å². The van der Waals surface area contributed by atoms with Crippen molar-refractivity contribution in [2.75, 3.05) is 26.3 Å². The van der Waals surface area contributed by atoms with Crippen molar-refractivity contribution < 1.29 is 38.4 Å². The molecule has 0 heterocycles. The molecule has 0 aliphatic rings. The molecule has 0 fully saturated rings. The maximum atomic E-state index is 11.6. The lowest BCUT2D eigenvalue weighted by Crippen LogP contribution is -2.22. The van der Waals surface area contributed by atoms with Crippen LogP contribution in [0.4, 0.5) is 0 Å². The summed E-state index contributed by atoms with van der Waals surface area (Å²) in [5, 5.41) is 44.9. The standard InChI is InChI=1S/C25H38N2O6S.C2H4O2/c26-34(31,32)25-11-4-3-9-20(25)10-5-8-16-33-15-7-2-1-6-14-27-18-24(30)21-12-13-23(29)22(17-21)19-28;1-2(3)4/h3-4,9,11-13,17,24,27-30H,1-2,5-8,10,14-16,18-19H2,(H2,26,31,32);1H3,(H,3,4)/t24-;/m0./s1. The number of aliphatic hydroxyl groups is 2. The summed E-state index contributed by atoms with van der Waals surface area (Å²) >= 11 is 0. The number of aromatic hydroxyl groups is 1. The molecule has 1 atom stereocenters. The van der Waals surface area contributed by atoms with E-state index in [0.717, 1.165) is 57.6 Å². The van der Waals surface area contributed by atoms with E-state index in [4.69, 9.17) is 19.8 Å². The first-order valence-electron chi connectivity index (χ1n) is 12.8. The van der Waals surface area contributed by atoms with Crippen molar-refractivity contribution in [1.29, 1.82) is 0 Å². The Kier molecular flexibility index (Phi) is 16.5. The van der Waals surface area contributed by atoms with Gasteiger partial charge in [-0.25, -0.2) is 13.6 Å². The normalized spacial score (nSPS) is 12.0. The summed E-state index contributed by atoms with van der Waals surface area (Å²) in [6, 6.07) is 11.6. The number of aryl methyl sites for hydroxylation is 1. The van der Waals surface area contributed by atoms with Gasteiger partial charge in [0.2, 0.25) is 10.0 Å². The summed E-state index contributed by atoms with van der Waals surface area (Å²) in [5.41, 5.74) is 1.83. The van der Waals surface area contributed by atoms with Crippen LogP contribution in [0.15, 0.2) is 47.4 Å². The van der Waals surface area contributed by atoms with Gasteiger partial charge in [-0.15, -0.1) is 0 Å². The van der Waals surface area contributed by atoms with Crippen LogP contribution in [0, 0.1) is 0 Å². The molecule has 0 bridgehead atoms. The zero-order valence-electron chi connectivity index (χ0n) is 22.0. The quantitative estimate of drug-likeness (QED) is 0.160. The minimum absolute atomic E-state index is 0.0290. The number of hydrogen-bond acceptors (Lipinski definition) is 8. The van der Waals surface area contributed by atoms with Crippen LogP contribution in [0.5, 0.6) is 5.75 Å². The Bertz CT molecular complexity index is 1060. The number of aliphatic carboxylic acids is 1. The van der Waals surface area contributed by atoms with Gasteiger partial charge in [0.1, 0.15) is 5.75 Å². The Balaban J connectivity index is 0.00000168. The number of rotatable bonds is 17. The molecular formula is C27H42N2O8S. The summed E-state index contributed by atoms with van der Waals surface area (Å²) < 4.78 is 28.9. The third kappa shape index (κ3) is 14.4. The molecule has 2 rings (SSSR count). The number of hydrogen-bond donors (Lipinski definition) is 6. The van der Waals surface area contributed by atoms with Gasteiger partial charge in [0.05, 0.1) is 17.6 Å². The van der Waals surface area contributed by atoms with E-state index < -0.39 is 22.1 Å². The lowest BCUT2D eigenvalue weighted by atomic mass is 10.1. The Morgan fingerprint density at radius 2 is 1.63 bits per heavy atom. The number of sulfonamides is 1. The third-order valence-electron chi connectivity index (χ3n) is 5.65. The van der Waals surface area contributed by atoms with Gasteiger partial charge >= 0.3 is 0 Å². The molecule has 2 aromatic rings. The number of benzene rings is 2. The minimum Gasteiger partial charge on any atom is -0.508 e. The van der Waals surface area contributed by atoms with Gasteiger partial charge in [-0.2, -0.15) is 0 Å². The van der Waals surface area contributed by atoms with Gasteiger partial charge in [0, 0.05) is 32.2 Å². The number of primary sulfonamides is 1. The molecule has 11 heteroatoms. The number of carboxylic acids is 1. The Morgan fingerprint density at radius 3 is 2.29 bits per heavy atom. The smallest absolute Gasteiger partial charge is 0.300 e. The van der Waals surface area contributed by atoms with E-state index in [0.29, 0.717) is 37.3 Å². The molecule has 0 spiro atoms. The zero-order valence-corrected chi connectivity index (χ0v) is 22.8. The van der Waals surface area contributed by atoms with Crippen molar-refractivity contribution in [2.45, 2.75) is 69.5 Å². The second kappa shape index (κ2) is 18.7. The maximum Gasteiger partial charge on any atom is 0.300 e. The largest absolute Gasteiger partial charge is 0.508 e. The molecule has 0 amide bonds. The van der Waals surface area contributed by atoms with E-state index >= 15 is 0 Å². The highest BCUT2D eigenvalue weighted by Crippen LogP contribution is 2.22. The first kappa shape index (κ1) is 33.5. The molecule has 38 heavy (non-hydrogen) atoms.